The van der Waals surface area contributed by atoms with Gasteiger partial charge < -0.3 is 15.2 Å². The van der Waals surface area contributed by atoms with Crippen molar-refractivity contribution in [1.29, 1.82) is 0 Å². The predicted molar refractivity (Wildman–Crippen MR) is 85.3 cm³/mol. The zero-order chi connectivity index (χ0) is 14.0. The van der Waals surface area contributed by atoms with Crippen LogP contribution in [-0.4, -0.2) is 14.2 Å². The van der Waals surface area contributed by atoms with Crippen molar-refractivity contribution in [2.24, 2.45) is 5.73 Å². The maximum absolute atomic E-state index is 6.31. The quantitative estimate of drug-likeness (QED) is 0.821. The SMILES string of the molecule is COc1ccc(C(N)c2csc(Br)c2)c(OC)c1Br. The molecule has 2 N–H and O–H groups in total. The van der Waals surface area contributed by atoms with Gasteiger partial charge in [0, 0.05) is 5.56 Å². The standard InChI is InChI=1S/C13H13Br2NO2S/c1-17-9-4-3-8(13(18-2)11(9)15)12(16)7-5-10(14)19-6-7/h3-6,12H,16H2,1-2H3. The molecule has 0 bridgehead atoms. The summed E-state index contributed by atoms with van der Waals surface area (Å²) < 4.78 is 12.5. The summed E-state index contributed by atoms with van der Waals surface area (Å²) in [6.07, 6.45) is 0. The van der Waals surface area contributed by atoms with E-state index in [1.807, 2.05) is 23.6 Å². The molecule has 1 aromatic heterocycles. The molecule has 19 heavy (non-hydrogen) atoms. The Bertz CT molecular complexity index is 586. The minimum atomic E-state index is -0.236. The Hall–Kier alpha value is -0.560. The van der Waals surface area contributed by atoms with Crippen molar-refractivity contribution in [2.45, 2.75) is 6.04 Å². The molecule has 0 spiro atoms. The highest BCUT2D eigenvalue weighted by Gasteiger charge is 2.19. The van der Waals surface area contributed by atoms with E-state index in [2.05, 4.69) is 31.9 Å². The maximum Gasteiger partial charge on any atom is 0.141 e. The summed E-state index contributed by atoms with van der Waals surface area (Å²) in [6.45, 7) is 0. The molecule has 1 heterocycles. The smallest absolute Gasteiger partial charge is 0.141 e. The Labute approximate surface area is 133 Å². The van der Waals surface area contributed by atoms with Crippen LogP contribution >= 0.6 is 43.2 Å². The molecule has 2 aromatic rings. The summed E-state index contributed by atoms with van der Waals surface area (Å²) in [5.41, 5.74) is 8.28. The van der Waals surface area contributed by atoms with Crippen molar-refractivity contribution in [1.82, 2.24) is 0 Å². The van der Waals surface area contributed by atoms with Gasteiger partial charge in [-0.3, -0.25) is 0 Å². The second-order valence-corrected chi connectivity index (χ2v) is 6.95. The van der Waals surface area contributed by atoms with E-state index < -0.39 is 0 Å². The molecular weight excluding hydrogens is 394 g/mol. The van der Waals surface area contributed by atoms with Crippen LogP contribution < -0.4 is 15.2 Å². The van der Waals surface area contributed by atoms with Crippen molar-refractivity contribution >= 4 is 43.2 Å². The van der Waals surface area contributed by atoms with Crippen LogP contribution in [0.3, 0.4) is 0 Å². The Morgan fingerprint density at radius 3 is 2.47 bits per heavy atom. The fraction of sp³-hybridized carbons (Fsp3) is 0.231. The van der Waals surface area contributed by atoms with E-state index in [9.17, 15) is 0 Å². The van der Waals surface area contributed by atoms with Crippen LogP contribution in [0.25, 0.3) is 0 Å². The van der Waals surface area contributed by atoms with Gasteiger partial charge in [0.15, 0.2) is 0 Å². The number of halogens is 2. The average Bonchev–Trinajstić information content (AvgIpc) is 2.84. The Balaban J connectivity index is 2.47. The summed E-state index contributed by atoms with van der Waals surface area (Å²) in [4.78, 5) is 0. The average molecular weight is 407 g/mol. The number of benzene rings is 1. The van der Waals surface area contributed by atoms with E-state index >= 15 is 0 Å². The number of hydrogen-bond donors (Lipinski definition) is 1. The van der Waals surface area contributed by atoms with Crippen LogP contribution in [0.2, 0.25) is 0 Å². The molecule has 2 rings (SSSR count). The zero-order valence-corrected chi connectivity index (χ0v) is 14.4. The van der Waals surface area contributed by atoms with Crippen LogP contribution in [0.15, 0.2) is 31.8 Å². The summed E-state index contributed by atoms with van der Waals surface area (Å²) in [6, 6.07) is 5.59. The predicted octanol–water partition coefficient (Wildman–Crippen LogP) is 4.34. The normalized spacial score (nSPS) is 12.3. The zero-order valence-electron chi connectivity index (χ0n) is 10.4. The Morgan fingerprint density at radius 2 is 1.95 bits per heavy atom. The molecule has 6 heteroatoms. The molecule has 0 aliphatic rings. The third-order valence-electron chi connectivity index (χ3n) is 2.80. The lowest BCUT2D eigenvalue weighted by molar-refractivity contribution is 0.385. The molecule has 0 amide bonds. The highest BCUT2D eigenvalue weighted by Crippen LogP contribution is 2.41. The number of nitrogens with two attached hydrogens (primary N) is 1. The van der Waals surface area contributed by atoms with Crippen LogP contribution in [-0.2, 0) is 0 Å². The molecule has 0 radical (unpaired) electrons. The van der Waals surface area contributed by atoms with Gasteiger partial charge in [-0.05, 0) is 61.0 Å². The summed E-state index contributed by atoms with van der Waals surface area (Å²) >= 11 is 8.55. The van der Waals surface area contributed by atoms with E-state index in [4.69, 9.17) is 15.2 Å². The highest BCUT2D eigenvalue weighted by molar-refractivity contribution is 9.11. The molecule has 0 saturated carbocycles. The maximum atomic E-state index is 6.31. The van der Waals surface area contributed by atoms with E-state index in [1.54, 1.807) is 25.6 Å². The van der Waals surface area contributed by atoms with Gasteiger partial charge in [0.05, 0.1) is 24.0 Å². The molecule has 0 aliphatic carbocycles. The lowest BCUT2D eigenvalue weighted by Crippen LogP contribution is -2.12. The van der Waals surface area contributed by atoms with Gasteiger partial charge in [-0.1, -0.05) is 0 Å². The summed E-state index contributed by atoms with van der Waals surface area (Å²) in [5, 5.41) is 2.03. The monoisotopic (exact) mass is 405 g/mol. The van der Waals surface area contributed by atoms with Gasteiger partial charge >= 0.3 is 0 Å². The van der Waals surface area contributed by atoms with Gasteiger partial charge in [-0.2, -0.15) is 0 Å². The lowest BCUT2D eigenvalue weighted by atomic mass is 10.0. The Morgan fingerprint density at radius 1 is 1.21 bits per heavy atom. The van der Waals surface area contributed by atoms with Crippen LogP contribution in [0, 0.1) is 0 Å². The first-order chi connectivity index (χ1) is 9.08. The number of rotatable bonds is 4. The third kappa shape index (κ3) is 2.97. The van der Waals surface area contributed by atoms with Crippen molar-refractivity contribution in [3.63, 3.8) is 0 Å². The molecule has 1 unspecified atom stereocenters. The van der Waals surface area contributed by atoms with Crippen LogP contribution in [0.5, 0.6) is 11.5 Å². The Kier molecular flexibility index (Phi) is 4.89. The first-order valence-electron chi connectivity index (χ1n) is 5.48. The molecular formula is C13H13Br2NO2S. The van der Waals surface area contributed by atoms with Crippen molar-refractivity contribution in [2.75, 3.05) is 14.2 Å². The lowest BCUT2D eigenvalue weighted by Gasteiger charge is -2.17. The summed E-state index contributed by atoms with van der Waals surface area (Å²) in [5.74, 6) is 1.42. The molecule has 0 aliphatic heterocycles. The number of hydrogen-bond acceptors (Lipinski definition) is 4. The highest BCUT2D eigenvalue weighted by atomic mass is 79.9. The molecule has 3 nitrogen and oxygen atoms in total. The minimum Gasteiger partial charge on any atom is -0.495 e. The number of thiophene rings is 1. The molecule has 0 fully saturated rings. The molecule has 1 aromatic carbocycles. The van der Waals surface area contributed by atoms with Crippen molar-refractivity contribution < 1.29 is 9.47 Å². The van der Waals surface area contributed by atoms with Gasteiger partial charge in [0.2, 0.25) is 0 Å². The number of ether oxygens (including phenoxy) is 2. The van der Waals surface area contributed by atoms with E-state index in [0.717, 1.165) is 25.1 Å². The second kappa shape index (κ2) is 6.26. The van der Waals surface area contributed by atoms with Gasteiger partial charge in [0.1, 0.15) is 16.0 Å². The van der Waals surface area contributed by atoms with E-state index in [-0.39, 0.29) is 6.04 Å². The molecule has 0 saturated heterocycles. The van der Waals surface area contributed by atoms with Gasteiger partial charge in [-0.25, -0.2) is 0 Å². The largest absolute Gasteiger partial charge is 0.495 e. The van der Waals surface area contributed by atoms with E-state index in [1.165, 1.54) is 0 Å². The number of methoxy groups -OCH3 is 2. The van der Waals surface area contributed by atoms with Crippen molar-refractivity contribution in [3.05, 3.63) is 43.0 Å². The van der Waals surface area contributed by atoms with Crippen LogP contribution in [0.1, 0.15) is 17.2 Å². The third-order valence-corrected chi connectivity index (χ3v) is 5.07. The van der Waals surface area contributed by atoms with Crippen molar-refractivity contribution in [3.8, 4) is 11.5 Å². The van der Waals surface area contributed by atoms with Crippen LogP contribution in [0.4, 0.5) is 0 Å². The second-order valence-electron chi connectivity index (χ2n) is 3.87. The first-order valence-corrected chi connectivity index (χ1v) is 7.95. The molecule has 102 valence electrons. The molecule has 1 atom stereocenters. The van der Waals surface area contributed by atoms with E-state index in [0.29, 0.717) is 5.75 Å². The summed E-state index contributed by atoms with van der Waals surface area (Å²) in [7, 11) is 3.24. The first kappa shape index (κ1) is 14.8. The topological polar surface area (TPSA) is 44.5 Å². The fourth-order valence-corrected chi connectivity index (χ4v) is 3.73. The van der Waals surface area contributed by atoms with Gasteiger partial charge in [-0.15, -0.1) is 11.3 Å². The minimum absolute atomic E-state index is 0.236. The fourth-order valence-electron chi connectivity index (χ4n) is 1.83. The van der Waals surface area contributed by atoms with Gasteiger partial charge in [0.25, 0.3) is 0 Å².